The number of aryl methyl sites for hydroxylation is 1. The second-order valence-electron chi connectivity index (χ2n) is 3.96. The van der Waals surface area contributed by atoms with Gasteiger partial charge < -0.3 is 4.74 Å². The fourth-order valence-corrected chi connectivity index (χ4v) is 1.61. The number of hydrogen-bond acceptors (Lipinski definition) is 4. The second-order valence-corrected chi connectivity index (χ2v) is 3.96. The lowest BCUT2D eigenvalue weighted by atomic mass is 10.1. The summed E-state index contributed by atoms with van der Waals surface area (Å²) < 4.78 is 44.2. The van der Waals surface area contributed by atoms with Crippen molar-refractivity contribution in [2.75, 3.05) is 7.11 Å². The summed E-state index contributed by atoms with van der Waals surface area (Å²) in [5.41, 5.74) is 0.0633. The van der Waals surface area contributed by atoms with Crippen LogP contribution in [0.3, 0.4) is 0 Å². The Morgan fingerprint density at radius 3 is 2.35 bits per heavy atom. The Morgan fingerprint density at radius 2 is 1.70 bits per heavy atom. The summed E-state index contributed by atoms with van der Waals surface area (Å²) in [4.78, 5) is 19.0. The lowest BCUT2D eigenvalue weighted by Crippen LogP contribution is -2.09. The van der Waals surface area contributed by atoms with E-state index >= 15 is 0 Å². The first-order valence-electron chi connectivity index (χ1n) is 5.51. The molecule has 2 rings (SSSR count). The summed E-state index contributed by atoms with van der Waals surface area (Å²) in [6, 6.07) is 2.44. The number of methoxy groups -OCH3 is 1. The van der Waals surface area contributed by atoms with Crippen LogP contribution in [0.2, 0.25) is 0 Å². The van der Waals surface area contributed by atoms with E-state index in [4.69, 9.17) is 0 Å². The molecule has 0 N–H and O–H groups in total. The summed E-state index contributed by atoms with van der Waals surface area (Å²) in [5.74, 6) is -4.59. The summed E-state index contributed by atoms with van der Waals surface area (Å²) >= 11 is 0. The monoisotopic (exact) mass is 282 g/mol. The van der Waals surface area contributed by atoms with Gasteiger partial charge in [0, 0.05) is 17.3 Å². The maximum absolute atomic E-state index is 13.7. The quantitative estimate of drug-likeness (QED) is 0.627. The minimum absolute atomic E-state index is 0.0331. The molecular formula is C13H9F3N2O2. The van der Waals surface area contributed by atoms with Gasteiger partial charge in [-0.05, 0) is 19.1 Å². The summed E-state index contributed by atoms with van der Waals surface area (Å²) in [6.45, 7) is 1.55. The second kappa shape index (κ2) is 5.28. The van der Waals surface area contributed by atoms with Gasteiger partial charge in [-0.3, -0.25) is 0 Å². The van der Waals surface area contributed by atoms with Crippen LogP contribution in [0.5, 0.6) is 0 Å². The van der Waals surface area contributed by atoms with Crippen LogP contribution in [0.4, 0.5) is 13.2 Å². The molecule has 0 aliphatic carbocycles. The average molecular weight is 282 g/mol. The SMILES string of the molecule is COC(=O)c1nc(C)cc(-c2cc(F)c(F)cc2F)n1. The Bertz CT molecular complexity index is 690. The van der Waals surface area contributed by atoms with Crippen LogP contribution in [0.25, 0.3) is 11.3 Å². The number of ether oxygens (including phenoxy) is 1. The van der Waals surface area contributed by atoms with E-state index in [1.165, 1.54) is 6.07 Å². The molecular weight excluding hydrogens is 273 g/mol. The summed E-state index contributed by atoms with van der Waals surface area (Å²) in [6.07, 6.45) is 0. The third kappa shape index (κ3) is 2.61. The topological polar surface area (TPSA) is 52.1 Å². The molecule has 1 aromatic heterocycles. The average Bonchev–Trinajstić information content (AvgIpc) is 2.41. The normalized spacial score (nSPS) is 10.4. The van der Waals surface area contributed by atoms with Crippen LogP contribution < -0.4 is 0 Å². The zero-order chi connectivity index (χ0) is 14.9. The lowest BCUT2D eigenvalue weighted by Gasteiger charge is -2.06. The van der Waals surface area contributed by atoms with E-state index in [0.717, 1.165) is 7.11 Å². The molecule has 0 bridgehead atoms. The molecule has 4 nitrogen and oxygen atoms in total. The number of carbonyl (C=O) groups excluding carboxylic acids is 1. The van der Waals surface area contributed by atoms with Gasteiger partial charge in [0.1, 0.15) is 5.82 Å². The first-order valence-corrected chi connectivity index (χ1v) is 5.51. The number of halogens is 3. The molecule has 0 unspecified atom stereocenters. The van der Waals surface area contributed by atoms with E-state index in [1.807, 2.05) is 0 Å². The van der Waals surface area contributed by atoms with E-state index in [0.29, 0.717) is 17.8 Å². The van der Waals surface area contributed by atoms with Crippen molar-refractivity contribution in [1.29, 1.82) is 0 Å². The predicted octanol–water partition coefficient (Wildman–Crippen LogP) is 2.66. The molecule has 0 aliphatic rings. The maximum Gasteiger partial charge on any atom is 0.376 e. The number of esters is 1. The molecule has 0 saturated heterocycles. The minimum atomic E-state index is -1.30. The smallest absolute Gasteiger partial charge is 0.376 e. The van der Waals surface area contributed by atoms with Crippen molar-refractivity contribution >= 4 is 5.97 Å². The number of rotatable bonds is 2. The zero-order valence-electron chi connectivity index (χ0n) is 10.6. The van der Waals surface area contributed by atoms with Gasteiger partial charge in [-0.25, -0.2) is 27.9 Å². The van der Waals surface area contributed by atoms with Crippen molar-refractivity contribution in [3.63, 3.8) is 0 Å². The molecule has 1 aromatic carbocycles. The van der Waals surface area contributed by atoms with Crippen LogP contribution in [0.15, 0.2) is 18.2 Å². The minimum Gasteiger partial charge on any atom is -0.463 e. The van der Waals surface area contributed by atoms with Gasteiger partial charge in [0.05, 0.1) is 12.8 Å². The molecule has 0 radical (unpaired) electrons. The Kier molecular flexibility index (Phi) is 3.69. The van der Waals surface area contributed by atoms with Crippen molar-refractivity contribution in [3.8, 4) is 11.3 Å². The fourth-order valence-electron chi connectivity index (χ4n) is 1.61. The highest BCUT2D eigenvalue weighted by Crippen LogP contribution is 2.24. The highest BCUT2D eigenvalue weighted by atomic mass is 19.2. The van der Waals surface area contributed by atoms with E-state index in [9.17, 15) is 18.0 Å². The summed E-state index contributed by atoms with van der Waals surface area (Å²) in [5, 5.41) is 0. The van der Waals surface area contributed by atoms with Crippen LogP contribution in [-0.2, 0) is 4.74 Å². The molecule has 0 spiro atoms. The highest BCUT2D eigenvalue weighted by Gasteiger charge is 2.17. The molecule has 0 fully saturated rings. The maximum atomic E-state index is 13.7. The third-order valence-electron chi connectivity index (χ3n) is 2.51. The van der Waals surface area contributed by atoms with Gasteiger partial charge >= 0.3 is 5.97 Å². The van der Waals surface area contributed by atoms with Crippen LogP contribution in [0.1, 0.15) is 16.3 Å². The van der Waals surface area contributed by atoms with Gasteiger partial charge in [0.15, 0.2) is 11.6 Å². The van der Waals surface area contributed by atoms with Gasteiger partial charge in [0.2, 0.25) is 5.82 Å². The fraction of sp³-hybridized carbons (Fsp3) is 0.154. The zero-order valence-corrected chi connectivity index (χ0v) is 10.6. The van der Waals surface area contributed by atoms with Crippen molar-refractivity contribution < 1.29 is 22.7 Å². The number of benzene rings is 1. The number of carbonyl (C=O) groups is 1. The Labute approximate surface area is 112 Å². The van der Waals surface area contributed by atoms with Gasteiger partial charge in [-0.15, -0.1) is 0 Å². The first kappa shape index (κ1) is 14.0. The Hall–Kier alpha value is -2.44. The molecule has 2 aromatic rings. The largest absolute Gasteiger partial charge is 0.463 e. The van der Waals surface area contributed by atoms with Crippen LogP contribution >= 0.6 is 0 Å². The van der Waals surface area contributed by atoms with Crippen molar-refractivity contribution in [3.05, 3.63) is 47.2 Å². The van der Waals surface area contributed by atoms with Gasteiger partial charge in [-0.1, -0.05) is 0 Å². The highest BCUT2D eigenvalue weighted by molar-refractivity contribution is 5.85. The Morgan fingerprint density at radius 1 is 1.05 bits per heavy atom. The molecule has 1 heterocycles. The van der Waals surface area contributed by atoms with Crippen molar-refractivity contribution in [2.24, 2.45) is 0 Å². The molecule has 7 heteroatoms. The van der Waals surface area contributed by atoms with E-state index in [1.54, 1.807) is 6.92 Å². The van der Waals surface area contributed by atoms with E-state index in [2.05, 4.69) is 14.7 Å². The predicted molar refractivity (Wildman–Crippen MR) is 63.4 cm³/mol. The molecule has 0 atom stereocenters. The van der Waals surface area contributed by atoms with Crippen molar-refractivity contribution in [2.45, 2.75) is 6.92 Å². The van der Waals surface area contributed by atoms with Gasteiger partial charge in [0.25, 0.3) is 0 Å². The van der Waals surface area contributed by atoms with Crippen LogP contribution in [0, 0.1) is 24.4 Å². The van der Waals surface area contributed by atoms with E-state index < -0.39 is 23.4 Å². The van der Waals surface area contributed by atoms with Crippen LogP contribution in [-0.4, -0.2) is 23.0 Å². The molecule has 0 aliphatic heterocycles. The number of hydrogen-bond donors (Lipinski definition) is 0. The molecule has 0 saturated carbocycles. The number of nitrogens with zero attached hydrogens (tertiary/aromatic N) is 2. The first-order chi connectivity index (χ1) is 9.42. The number of aromatic nitrogens is 2. The third-order valence-corrected chi connectivity index (χ3v) is 2.51. The summed E-state index contributed by atoms with van der Waals surface area (Å²) in [7, 11) is 1.14. The lowest BCUT2D eigenvalue weighted by molar-refractivity contribution is 0.0586. The standard InChI is InChI=1S/C13H9F3N2O2/c1-6-3-11(18-12(17-6)13(19)20-2)7-4-9(15)10(16)5-8(7)14/h3-5H,1-2H3. The Balaban J connectivity index is 2.61. The molecule has 104 valence electrons. The molecule has 0 amide bonds. The molecule has 20 heavy (non-hydrogen) atoms. The van der Waals surface area contributed by atoms with Gasteiger partial charge in [-0.2, -0.15) is 0 Å². The van der Waals surface area contributed by atoms with E-state index in [-0.39, 0.29) is 17.1 Å². The van der Waals surface area contributed by atoms with Crippen molar-refractivity contribution in [1.82, 2.24) is 9.97 Å².